The van der Waals surface area contributed by atoms with Gasteiger partial charge in [-0.2, -0.15) is 0 Å². The van der Waals surface area contributed by atoms with Crippen molar-refractivity contribution in [2.24, 2.45) is 0 Å². The topological polar surface area (TPSA) is 68.3 Å². The van der Waals surface area contributed by atoms with E-state index in [1.807, 2.05) is 66.0 Å². The molecular weight excluding hydrogens is 396 g/mol. The summed E-state index contributed by atoms with van der Waals surface area (Å²) in [7, 11) is 0. The molecule has 0 unspecified atom stereocenters. The predicted molar refractivity (Wildman–Crippen MR) is 116 cm³/mol. The Hall–Kier alpha value is -2.99. The van der Waals surface area contributed by atoms with Crippen LogP contribution in [0.2, 0.25) is 0 Å². The van der Waals surface area contributed by atoms with Crippen LogP contribution >= 0.6 is 11.3 Å². The van der Waals surface area contributed by atoms with Gasteiger partial charge in [0.2, 0.25) is 5.91 Å². The Bertz CT molecular complexity index is 998. The van der Waals surface area contributed by atoms with E-state index in [-0.39, 0.29) is 24.9 Å². The van der Waals surface area contributed by atoms with E-state index in [0.29, 0.717) is 17.2 Å². The third-order valence-corrected chi connectivity index (χ3v) is 6.42. The predicted octanol–water partition coefficient (Wildman–Crippen LogP) is 4.17. The maximum Gasteiger partial charge on any atom is 0.316 e. The van der Waals surface area contributed by atoms with Gasteiger partial charge < -0.3 is 10.1 Å². The van der Waals surface area contributed by atoms with Gasteiger partial charge >= 0.3 is 5.97 Å². The fourth-order valence-corrected chi connectivity index (χ4v) is 4.45. The zero-order valence-electron chi connectivity index (χ0n) is 16.7. The quantitative estimate of drug-likeness (QED) is 0.556. The molecular formula is C24H24N2O3S. The van der Waals surface area contributed by atoms with Crippen molar-refractivity contribution in [2.45, 2.75) is 44.2 Å². The number of amides is 1. The number of hydrogen-bond donors (Lipinski definition) is 1. The molecule has 2 aromatic carbocycles. The molecule has 1 fully saturated rings. The molecule has 30 heavy (non-hydrogen) atoms. The molecule has 4 rings (SSSR count). The number of carbonyl (C=O) groups excluding carboxylic acids is 2. The van der Waals surface area contributed by atoms with Crippen LogP contribution in [0.5, 0.6) is 0 Å². The van der Waals surface area contributed by atoms with Crippen LogP contribution < -0.4 is 5.32 Å². The molecule has 0 atom stereocenters. The summed E-state index contributed by atoms with van der Waals surface area (Å²) in [5.41, 5.74) is 2.25. The fourth-order valence-electron chi connectivity index (χ4n) is 3.67. The Balaban J connectivity index is 1.28. The number of aromatic nitrogens is 1. The average molecular weight is 421 g/mol. The largest absolute Gasteiger partial charge is 0.458 e. The van der Waals surface area contributed by atoms with Crippen LogP contribution in [0.1, 0.15) is 41.1 Å². The fraction of sp³-hybridized carbons (Fsp3) is 0.292. The van der Waals surface area contributed by atoms with Gasteiger partial charge in [0.25, 0.3) is 0 Å². The molecule has 1 aromatic heterocycles. The van der Waals surface area contributed by atoms with Gasteiger partial charge in [-0.25, -0.2) is 4.98 Å². The Morgan fingerprint density at radius 2 is 1.73 bits per heavy atom. The Kier molecular flexibility index (Phi) is 6.23. The first-order valence-electron chi connectivity index (χ1n) is 10.1. The zero-order valence-corrected chi connectivity index (χ0v) is 17.5. The number of hydrogen-bond acceptors (Lipinski definition) is 5. The number of ether oxygens (including phenoxy) is 1. The van der Waals surface area contributed by atoms with Gasteiger partial charge in [0, 0.05) is 11.9 Å². The van der Waals surface area contributed by atoms with Crippen molar-refractivity contribution < 1.29 is 14.3 Å². The number of nitrogens with one attached hydrogen (secondary N) is 1. The van der Waals surface area contributed by atoms with E-state index in [9.17, 15) is 9.59 Å². The second-order valence-corrected chi connectivity index (χ2v) is 8.49. The van der Waals surface area contributed by atoms with E-state index >= 15 is 0 Å². The third kappa shape index (κ3) is 4.60. The SMILES string of the molecule is O=C(Cc1nc(COC(=O)C2(c3ccccc3)CCC2)cs1)NCc1ccccc1. The highest BCUT2D eigenvalue weighted by atomic mass is 32.1. The molecule has 1 aliphatic rings. The van der Waals surface area contributed by atoms with Crippen molar-refractivity contribution in [1.82, 2.24) is 10.3 Å². The highest BCUT2D eigenvalue weighted by Crippen LogP contribution is 2.44. The lowest BCUT2D eigenvalue weighted by Gasteiger charge is -2.39. The van der Waals surface area contributed by atoms with Crippen LogP contribution in [-0.4, -0.2) is 16.9 Å². The van der Waals surface area contributed by atoms with E-state index in [1.54, 1.807) is 0 Å². The first-order chi connectivity index (χ1) is 14.7. The van der Waals surface area contributed by atoms with E-state index < -0.39 is 5.41 Å². The maximum absolute atomic E-state index is 12.8. The third-order valence-electron chi connectivity index (χ3n) is 5.52. The minimum atomic E-state index is -0.516. The number of thiazole rings is 1. The van der Waals surface area contributed by atoms with Crippen LogP contribution in [0.4, 0.5) is 0 Å². The van der Waals surface area contributed by atoms with Gasteiger partial charge in [-0.15, -0.1) is 11.3 Å². The first kappa shape index (κ1) is 20.3. The second kappa shape index (κ2) is 9.22. The van der Waals surface area contributed by atoms with E-state index in [4.69, 9.17) is 4.74 Å². The minimum Gasteiger partial charge on any atom is -0.458 e. The lowest BCUT2D eigenvalue weighted by molar-refractivity contribution is -0.156. The summed E-state index contributed by atoms with van der Waals surface area (Å²) in [5, 5.41) is 5.47. The van der Waals surface area contributed by atoms with Crippen LogP contribution in [0.15, 0.2) is 66.0 Å². The molecule has 1 saturated carbocycles. The summed E-state index contributed by atoms with van der Waals surface area (Å²) in [5.74, 6) is -0.260. The summed E-state index contributed by atoms with van der Waals surface area (Å²) in [6.07, 6.45) is 2.89. The Morgan fingerprint density at radius 1 is 1.03 bits per heavy atom. The normalized spacial score (nSPS) is 14.5. The van der Waals surface area contributed by atoms with Gasteiger partial charge in [-0.05, 0) is 24.0 Å². The first-order valence-corrected chi connectivity index (χ1v) is 11.0. The zero-order chi connectivity index (χ0) is 20.8. The number of esters is 1. The van der Waals surface area contributed by atoms with Crippen molar-refractivity contribution in [2.75, 3.05) is 0 Å². The summed E-state index contributed by atoms with van der Waals surface area (Å²) >= 11 is 1.41. The molecule has 1 N–H and O–H groups in total. The summed E-state index contributed by atoms with van der Waals surface area (Å²) in [4.78, 5) is 29.4. The molecule has 3 aromatic rings. The van der Waals surface area contributed by atoms with Crippen molar-refractivity contribution in [3.05, 3.63) is 87.9 Å². The molecule has 1 heterocycles. The second-order valence-electron chi connectivity index (χ2n) is 7.55. The van der Waals surface area contributed by atoms with E-state index in [2.05, 4.69) is 10.3 Å². The number of nitrogens with zero attached hydrogens (tertiary/aromatic N) is 1. The van der Waals surface area contributed by atoms with E-state index in [0.717, 1.165) is 30.4 Å². The van der Waals surface area contributed by atoms with Gasteiger partial charge in [0.05, 0.1) is 17.5 Å². The van der Waals surface area contributed by atoms with Gasteiger partial charge in [-0.1, -0.05) is 67.1 Å². The summed E-state index contributed by atoms with van der Waals surface area (Å²) in [6, 6.07) is 19.6. The molecule has 0 radical (unpaired) electrons. The molecule has 1 aliphatic carbocycles. The Labute approximate surface area is 180 Å². The number of rotatable bonds is 8. The highest BCUT2D eigenvalue weighted by molar-refractivity contribution is 7.09. The number of benzene rings is 2. The van der Waals surface area contributed by atoms with Gasteiger partial charge in [-0.3, -0.25) is 9.59 Å². The molecule has 154 valence electrons. The van der Waals surface area contributed by atoms with Crippen LogP contribution in [0.3, 0.4) is 0 Å². The maximum atomic E-state index is 12.8. The van der Waals surface area contributed by atoms with Crippen molar-refractivity contribution >= 4 is 23.2 Å². The van der Waals surface area contributed by atoms with E-state index in [1.165, 1.54) is 11.3 Å². The Morgan fingerprint density at radius 3 is 2.40 bits per heavy atom. The molecule has 0 aliphatic heterocycles. The molecule has 0 spiro atoms. The van der Waals surface area contributed by atoms with Crippen molar-refractivity contribution in [3.8, 4) is 0 Å². The minimum absolute atomic E-state index is 0.0748. The average Bonchev–Trinajstić information content (AvgIpc) is 3.19. The van der Waals surface area contributed by atoms with Gasteiger partial charge in [0.15, 0.2) is 0 Å². The standard InChI is InChI=1S/C24H24N2O3S/c27-21(25-15-18-8-3-1-4-9-18)14-22-26-20(17-30-22)16-29-23(28)24(12-7-13-24)19-10-5-2-6-11-19/h1-6,8-11,17H,7,12-16H2,(H,25,27). The highest BCUT2D eigenvalue weighted by Gasteiger charge is 2.47. The monoisotopic (exact) mass is 420 g/mol. The van der Waals surface area contributed by atoms with Crippen molar-refractivity contribution in [1.29, 1.82) is 0 Å². The summed E-state index contributed by atoms with van der Waals surface area (Å²) < 4.78 is 5.62. The van der Waals surface area contributed by atoms with Crippen LogP contribution in [0.25, 0.3) is 0 Å². The molecule has 0 saturated heterocycles. The van der Waals surface area contributed by atoms with Crippen LogP contribution in [-0.2, 0) is 39.3 Å². The molecule has 0 bridgehead atoms. The summed E-state index contributed by atoms with van der Waals surface area (Å²) in [6.45, 7) is 0.632. The lowest BCUT2D eigenvalue weighted by atomic mass is 9.64. The van der Waals surface area contributed by atoms with Gasteiger partial charge in [0.1, 0.15) is 11.6 Å². The molecule has 5 nitrogen and oxygen atoms in total. The number of carbonyl (C=O) groups is 2. The molecule has 6 heteroatoms. The lowest BCUT2D eigenvalue weighted by Crippen LogP contribution is -2.43. The van der Waals surface area contributed by atoms with Crippen LogP contribution in [0, 0.1) is 0 Å². The van der Waals surface area contributed by atoms with Crippen molar-refractivity contribution in [3.63, 3.8) is 0 Å². The molecule has 1 amide bonds. The smallest absolute Gasteiger partial charge is 0.316 e.